The molecule has 0 heterocycles. The number of aliphatic hydroxyl groups is 4. The maximum atomic E-state index is 8.64. The Balaban J connectivity index is 3.22. The molecule has 9 heavy (non-hydrogen) atoms. The average Bonchev–Trinajstić information content (AvgIpc) is 1.87. The Hall–Kier alpha value is -0.160. The van der Waals surface area contributed by atoms with Crippen molar-refractivity contribution in [2.45, 2.75) is 18.6 Å². The molecule has 56 valence electrons. The Labute approximate surface area is 53.4 Å². The molecule has 0 spiro atoms. The van der Waals surface area contributed by atoms with Crippen molar-refractivity contribution < 1.29 is 20.4 Å². The van der Waals surface area contributed by atoms with Gasteiger partial charge in [0.1, 0.15) is 0 Å². The van der Waals surface area contributed by atoms with Crippen molar-refractivity contribution in [2.24, 2.45) is 0 Å². The van der Waals surface area contributed by atoms with Gasteiger partial charge in [-0.05, 0) is 0 Å². The molecule has 4 nitrogen and oxygen atoms in total. The van der Waals surface area contributed by atoms with E-state index in [9.17, 15) is 0 Å². The van der Waals surface area contributed by atoms with E-state index in [0.29, 0.717) is 0 Å². The number of rotatable bonds is 4. The van der Waals surface area contributed by atoms with Crippen LogP contribution in [0.2, 0.25) is 0 Å². The first-order chi connectivity index (χ1) is 4.20. The number of hydrogen-bond acceptors (Lipinski definition) is 4. The molecule has 0 aliphatic rings. The van der Waals surface area contributed by atoms with Gasteiger partial charge in [0.05, 0.1) is 25.4 Å². The van der Waals surface area contributed by atoms with Gasteiger partial charge in [-0.1, -0.05) is 0 Å². The molecule has 0 fully saturated rings. The second kappa shape index (κ2) is 4.69. The van der Waals surface area contributed by atoms with Gasteiger partial charge in [0.15, 0.2) is 0 Å². The van der Waals surface area contributed by atoms with Crippen molar-refractivity contribution in [2.75, 3.05) is 13.2 Å². The van der Waals surface area contributed by atoms with Crippen LogP contribution in [-0.2, 0) is 0 Å². The van der Waals surface area contributed by atoms with Gasteiger partial charge in [0.2, 0.25) is 0 Å². The zero-order chi connectivity index (χ0) is 7.28. The number of hydrogen-bond donors (Lipinski definition) is 4. The Kier molecular flexibility index (Phi) is 4.61. The predicted molar refractivity (Wildman–Crippen MR) is 30.8 cm³/mol. The molecule has 1 unspecified atom stereocenters. The third-order valence-electron chi connectivity index (χ3n) is 0.966. The maximum absolute atomic E-state index is 8.64. The summed E-state index contributed by atoms with van der Waals surface area (Å²) in [7, 11) is 0. The minimum Gasteiger partial charge on any atom is -0.394 e. The Morgan fingerprint density at radius 1 is 0.889 bits per heavy atom. The molecule has 0 aromatic carbocycles. The highest BCUT2D eigenvalue weighted by Gasteiger charge is 2.08. The van der Waals surface area contributed by atoms with E-state index in [4.69, 9.17) is 20.4 Å². The summed E-state index contributed by atoms with van der Waals surface area (Å²) in [6, 6.07) is 0. The summed E-state index contributed by atoms with van der Waals surface area (Å²) in [4.78, 5) is 0. The van der Waals surface area contributed by atoms with Gasteiger partial charge < -0.3 is 20.4 Å². The monoisotopic (exact) mass is 136 g/mol. The van der Waals surface area contributed by atoms with Crippen LogP contribution >= 0.6 is 0 Å². The summed E-state index contributed by atoms with van der Waals surface area (Å²) in [5.74, 6) is 0. The lowest BCUT2D eigenvalue weighted by Crippen LogP contribution is -2.23. The van der Waals surface area contributed by atoms with Gasteiger partial charge in [-0.15, -0.1) is 0 Å². The Morgan fingerprint density at radius 3 is 1.44 bits per heavy atom. The van der Waals surface area contributed by atoms with E-state index in [1.807, 2.05) is 0 Å². The predicted octanol–water partition coefficient (Wildman–Crippen LogP) is -1.92. The molecule has 4 heteroatoms. The van der Waals surface area contributed by atoms with Crippen LogP contribution in [0.5, 0.6) is 0 Å². The van der Waals surface area contributed by atoms with Crippen LogP contribution in [0.4, 0.5) is 0 Å². The summed E-state index contributed by atoms with van der Waals surface area (Å²) in [5.41, 5.74) is 0. The van der Waals surface area contributed by atoms with Crippen LogP contribution < -0.4 is 0 Å². The average molecular weight is 136 g/mol. The van der Waals surface area contributed by atoms with Crippen molar-refractivity contribution in [3.05, 3.63) is 0 Å². The summed E-state index contributed by atoms with van der Waals surface area (Å²) in [5, 5.41) is 33.7. The van der Waals surface area contributed by atoms with E-state index >= 15 is 0 Å². The molecule has 0 aliphatic carbocycles. The molecule has 0 amide bonds. The van der Waals surface area contributed by atoms with E-state index in [1.54, 1.807) is 0 Å². The first-order valence-electron chi connectivity index (χ1n) is 2.78. The number of aliphatic hydroxyl groups excluding tert-OH is 4. The lowest BCUT2D eigenvalue weighted by Gasteiger charge is -2.09. The van der Waals surface area contributed by atoms with Crippen LogP contribution in [0, 0.1) is 0 Å². The van der Waals surface area contributed by atoms with Crippen molar-refractivity contribution in [3.8, 4) is 0 Å². The molecule has 4 N–H and O–H groups in total. The minimum atomic E-state index is -0.924. The highest BCUT2D eigenvalue weighted by atomic mass is 16.3. The molecule has 2 atom stereocenters. The molecule has 0 bridgehead atoms. The van der Waals surface area contributed by atoms with Crippen LogP contribution in [0.1, 0.15) is 6.42 Å². The molecular weight excluding hydrogens is 124 g/mol. The molecule has 0 aromatic rings. The first-order valence-corrected chi connectivity index (χ1v) is 2.78. The van der Waals surface area contributed by atoms with Crippen LogP contribution in [0.25, 0.3) is 0 Å². The van der Waals surface area contributed by atoms with Gasteiger partial charge in [-0.3, -0.25) is 0 Å². The molecule has 0 rings (SSSR count). The van der Waals surface area contributed by atoms with Gasteiger partial charge in [-0.2, -0.15) is 0 Å². The standard InChI is InChI=1S/C5H12O4/c6-2-4(8)1-5(9)3-7/h4-9H,1-3H2/t4-,5?/m0/s1. The first kappa shape index (κ1) is 8.84. The summed E-state index contributed by atoms with van der Waals surface area (Å²) in [6.07, 6.45) is -1.83. The summed E-state index contributed by atoms with van der Waals surface area (Å²) in [6.45, 7) is -0.756. The topological polar surface area (TPSA) is 80.9 Å². The minimum absolute atomic E-state index is 0.0208. The van der Waals surface area contributed by atoms with Gasteiger partial charge in [0, 0.05) is 6.42 Å². The van der Waals surface area contributed by atoms with Gasteiger partial charge >= 0.3 is 0 Å². The lowest BCUT2D eigenvalue weighted by atomic mass is 10.2. The fourth-order valence-electron chi connectivity index (χ4n) is 0.463. The normalized spacial score (nSPS) is 17.3. The highest BCUT2D eigenvalue weighted by Crippen LogP contribution is 1.95. The van der Waals surface area contributed by atoms with Crippen LogP contribution in [0.3, 0.4) is 0 Å². The largest absolute Gasteiger partial charge is 0.394 e. The quantitative estimate of drug-likeness (QED) is 0.363. The smallest absolute Gasteiger partial charge is 0.0796 e. The van der Waals surface area contributed by atoms with Crippen molar-refractivity contribution >= 4 is 0 Å². The van der Waals surface area contributed by atoms with Gasteiger partial charge in [0.25, 0.3) is 0 Å². The van der Waals surface area contributed by atoms with E-state index < -0.39 is 12.2 Å². The summed E-state index contributed by atoms with van der Waals surface area (Å²) >= 11 is 0. The lowest BCUT2D eigenvalue weighted by molar-refractivity contribution is 0.0182. The highest BCUT2D eigenvalue weighted by molar-refractivity contribution is 4.59. The molecule has 0 saturated heterocycles. The van der Waals surface area contributed by atoms with E-state index in [2.05, 4.69) is 0 Å². The molecule has 0 saturated carbocycles. The van der Waals surface area contributed by atoms with E-state index in [1.165, 1.54) is 0 Å². The molecular formula is C5H12O4. The zero-order valence-corrected chi connectivity index (χ0v) is 5.06. The van der Waals surface area contributed by atoms with Gasteiger partial charge in [-0.25, -0.2) is 0 Å². The molecule has 0 aliphatic heterocycles. The van der Waals surface area contributed by atoms with Crippen molar-refractivity contribution in [3.63, 3.8) is 0 Å². The summed E-state index contributed by atoms with van der Waals surface area (Å²) < 4.78 is 0. The fraction of sp³-hybridized carbons (Fsp3) is 1.00. The Morgan fingerprint density at radius 2 is 1.22 bits per heavy atom. The second-order valence-electron chi connectivity index (χ2n) is 1.91. The third-order valence-corrected chi connectivity index (χ3v) is 0.966. The van der Waals surface area contributed by atoms with Crippen LogP contribution in [-0.4, -0.2) is 45.8 Å². The Bertz CT molecular complexity index is 58.0. The van der Waals surface area contributed by atoms with E-state index in [0.717, 1.165) is 0 Å². The van der Waals surface area contributed by atoms with Crippen LogP contribution in [0.15, 0.2) is 0 Å². The fourth-order valence-corrected chi connectivity index (χ4v) is 0.463. The van der Waals surface area contributed by atoms with E-state index in [-0.39, 0.29) is 19.6 Å². The SMILES string of the molecule is OCC(O)C[C@H](O)CO. The zero-order valence-electron chi connectivity index (χ0n) is 5.06. The third kappa shape index (κ3) is 4.35. The second-order valence-corrected chi connectivity index (χ2v) is 1.91. The maximum Gasteiger partial charge on any atom is 0.0796 e. The van der Waals surface area contributed by atoms with Crippen molar-refractivity contribution in [1.82, 2.24) is 0 Å². The molecule has 0 aromatic heterocycles. The molecule has 0 radical (unpaired) electrons. The van der Waals surface area contributed by atoms with Crippen molar-refractivity contribution in [1.29, 1.82) is 0 Å².